The summed E-state index contributed by atoms with van der Waals surface area (Å²) in [5.74, 6) is 2.82. The summed E-state index contributed by atoms with van der Waals surface area (Å²) in [6.07, 6.45) is 6.22. The second-order valence-electron chi connectivity index (χ2n) is 4.66. The van der Waals surface area contributed by atoms with Gasteiger partial charge in [0, 0.05) is 18.4 Å². The SMILES string of the molecule is C1CCC(c2nc([C@H]3CCNC3)no2)C1. The lowest BCUT2D eigenvalue weighted by atomic mass is 10.1. The molecule has 2 heterocycles. The van der Waals surface area contributed by atoms with Crippen LogP contribution in [0, 0.1) is 0 Å². The molecule has 1 aliphatic carbocycles. The van der Waals surface area contributed by atoms with Gasteiger partial charge in [0.1, 0.15) is 0 Å². The van der Waals surface area contributed by atoms with Crippen molar-refractivity contribution in [3.8, 4) is 0 Å². The van der Waals surface area contributed by atoms with Crippen molar-refractivity contribution >= 4 is 0 Å². The van der Waals surface area contributed by atoms with E-state index in [1.165, 1.54) is 25.7 Å². The van der Waals surface area contributed by atoms with E-state index in [9.17, 15) is 0 Å². The molecule has 1 aliphatic heterocycles. The van der Waals surface area contributed by atoms with E-state index >= 15 is 0 Å². The third-order valence-corrected chi connectivity index (χ3v) is 3.59. The highest BCUT2D eigenvalue weighted by Gasteiger charge is 2.26. The number of aromatic nitrogens is 2. The normalized spacial score (nSPS) is 27.6. The van der Waals surface area contributed by atoms with Crippen LogP contribution in [-0.4, -0.2) is 23.2 Å². The molecule has 1 saturated carbocycles. The molecular formula is C11H17N3O. The maximum atomic E-state index is 5.37. The summed E-state index contributed by atoms with van der Waals surface area (Å²) in [5.41, 5.74) is 0. The topological polar surface area (TPSA) is 51.0 Å². The summed E-state index contributed by atoms with van der Waals surface area (Å²) < 4.78 is 5.37. The van der Waals surface area contributed by atoms with Gasteiger partial charge in [0.15, 0.2) is 5.82 Å². The van der Waals surface area contributed by atoms with E-state index < -0.39 is 0 Å². The zero-order valence-electron chi connectivity index (χ0n) is 8.91. The number of nitrogens with one attached hydrogen (secondary N) is 1. The molecule has 15 heavy (non-hydrogen) atoms. The Bertz CT molecular complexity index is 294. The van der Waals surface area contributed by atoms with E-state index in [0.29, 0.717) is 11.8 Å². The van der Waals surface area contributed by atoms with E-state index in [-0.39, 0.29) is 0 Å². The van der Waals surface area contributed by atoms with Gasteiger partial charge in [0.2, 0.25) is 5.89 Å². The average Bonchev–Trinajstić information content (AvgIpc) is 3.02. The molecule has 1 saturated heterocycles. The Morgan fingerprint density at radius 3 is 2.73 bits per heavy atom. The van der Waals surface area contributed by atoms with Crippen LogP contribution < -0.4 is 5.32 Å². The van der Waals surface area contributed by atoms with Gasteiger partial charge < -0.3 is 9.84 Å². The standard InChI is InChI=1S/C11H17N3O/c1-2-4-8(3-1)11-13-10(14-15-11)9-5-6-12-7-9/h8-9,12H,1-7H2/t9-/m0/s1. The fraction of sp³-hybridized carbons (Fsp3) is 0.818. The number of nitrogens with zero attached hydrogens (tertiary/aromatic N) is 2. The van der Waals surface area contributed by atoms with Crippen molar-refractivity contribution in [2.24, 2.45) is 0 Å². The summed E-state index contributed by atoms with van der Waals surface area (Å²) in [4.78, 5) is 4.56. The van der Waals surface area contributed by atoms with Crippen molar-refractivity contribution in [2.45, 2.75) is 43.9 Å². The van der Waals surface area contributed by atoms with Crippen LogP contribution in [0.3, 0.4) is 0 Å². The van der Waals surface area contributed by atoms with Gasteiger partial charge in [-0.05, 0) is 25.8 Å². The monoisotopic (exact) mass is 207 g/mol. The number of hydrogen-bond donors (Lipinski definition) is 1. The highest BCUT2D eigenvalue weighted by Crippen LogP contribution is 2.33. The van der Waals surface area contributed by atoms with Crippen LogP contribution in [-0.2, 0) is 0 Å². The molecule has 1 atom stereocenters. The summed E-state index contributed by atoms with van der Waals surface area (Å²) in [7, 11) is 0. The molecule has 4 heteroatoms. The minimum atomic E-state index is 0.476. The van der Waals surface area contributed by atoms with E-state index in [2.05, 4.69) is 15.5 Å². The molecule has 0 spiro atoms. The van der Waals surface area contributed by atoms with E-state index in [1.54, 1.807) is 0 Å². The molecule has 0 unspecified atom stereocenters. The molecule has 82 valence electrons. The second kappa shape index (κ2) is 3.93. The van der Waals surface area contributed by atoms with Crippen LogP contribution in [0.25, 0.3) is 0 Å². The molecule has 0 bridgehead atoms. The van der Waals surface area contributed by atoms with Gasteiger partial charge in [-0.3, -0.25) is 0 Å². The van der Waals surface area contributed by atoms with Gasteiger partial charge in [-0.1, -0.05) is 18.0 Å². The van der Waals surface area contributed by atoms with Crippen molar-refractivity contribution in [2.75, 3.05) is 13.1 Å². The predicted octanol–water partition coefficient (Wildman–Crippen LogP) is 1.80. The molecule has 3 rings (SSSR count). The number of rotatable bonds is 2. The highest BCUT2D eigenvalue weighted by molar-refractivity contribution is 5.03. The Kier molecular flexibility index (Phi) is 2.44. The predicted molar refractivity (Wildman–Crippen MR) is 55.7 cm³/mol. The zero-order valence-corrected chi connectivity index (χ0v) is 8.91. The van der Waals surface area contributed by atoms with E-state index in [4.69, 9.17) is 4.52 Å². The van der Waals surface area contributed by atoms with Gasteiger partial charge in [-0.15, -0.1) is 0 Å². The molecule has 2 aliphatic rings. The van der Waals surface area contributed by atoms with Crippen molar-refractivity contribution in [1.29, 1.82) is 0 Å². The quantitative estimate of drug-likeness (QED) is 0.803. The molecule has 1 aromatic rings. The zero-order chi connectivity index (χ0) is 10.1. The van der Waals surface area contributed by atoms with Crippen LogP contribution in [0.5, 0.6) is 0 Å². The Labute approximate surface area is 89.4 Å². The third kappa shape index (κ3) is 1.78. The maximum absolute atomic E-state index is 5.37. The lowest BCUT2D eigenvalue weighted by Crippen LogP contribution is -2.08. The van der Waals surface area contributed by atoms with Gasteiger partial charge in [0.25, 0.3) is 0 Å². The largest absolute Gasteiger partial charge is 0.339 e. The smallest absolute Gasteiger partial charge is 0.229 e. The first-order valence-corrected chi connectivity index (χ1v) is 5.97. The minimum Gasteiger partial charge on any atom is -0.339 e. The summed E-state index contributed by atoms with van der Waals surface area (Å²) in [5, 5.41) is 7.44. The van der Waals surface area contributed by atoms with Crippen molar-refractivity contribution in [1.82, 2.24) is 15.5 Å². The Hall–Kier alpha value is -0.900. The molecule has 0 radical (unpaired) electrons. The van der Waals surface area contributed by atoms with E-state index in [0.717, 1.165) is 31.2 Å². The van der Waals surface area contributed by atoms with Gasteiger partial charge in [0.05, 0.1) is 0 Å². The molecule has 2 fully saturated rings. The molecule has 1 N–H and O–H groups in total. The van der Waals surface area contributed by atoms with Gasteiger partial charge in [-0.2, -0.15) is 4.98 Å². The molecule has 0 aromatic carbocycles. The summed E-state index contributed by atoms with van der Waals surface area (Å²) in [6.45, 7) is 2.08. The lowest BCUT2D eigenvalue weighted by molar-refractivity contribution is 0.348. The fourth-order valence-electron chi connectivity index (χ4n) is 2.63. The molecule has 4 nitrogen and oxygen atoms in total. The van der Waals surface area contributed by atoms with Crippen molar-refractivity contribution < 1.29 is 4.52 Å². The Morgan fingerprint density at radius 2 is 2.00 bits per heavy atom. The molecule has 0 amide bonds. The van der Waals surface area contributed by atoms with Crippen LogP contribution in [0.15, 0.2) is 4.52 Å². The van der Waals surface area contributed by atoms with Crippen LogP contribution in [0.4, 0.5) is 0 Å². The number of hydrogen-bond acceptors (Lipinski definition) is 4. The first-order chi connectivity index (χ1) is 7.43. The highest BCUT2D eigenvalue weighted by atomic mass is 16.5. The average molecular weight is 207 g/mol. The fourth-order valence-corrected chi connectivity index (χ4v) is 2.63. The second-order valence-corrected chi connectivity index (χ2v) is 4.66. The van der Waals surface area contributed by atoms with E-state index in [1.807, 2.05) is 0 Å². The van der Waals surface area contributed by atoms with Crippen LogP contribution >= 0.6 is 0 Å². The van der Waals surface area contributed by atoms with Gasteiger partial charge in [-0.25, -0.2) is 0 Å². The Morgan fingerprint density at radius 1 is 1.13 bits per heavy atom. The van der Waals surface area contributed by atoms with Gasteiger partial charge >= 0.3 is 0 Å². The van der Waals surface area contributed by atoms with Crippen molar-refractivity contribution in [3.63, 3.8) is 0 Å². The summed E-state index contributed by atoms with van der Waals surface area (Å²) >= 11 is 0. The minimum absolute atomic E-state index is 0.476. The molecule has 1 aromatic heterocycles. The third-order valence-electron chi connectivity index (χ3n) is 3.59. The first-order valence-electron chi connectivity index (χ1n) is 5.97. The Balaban J connectivity index is 1.74. The first kappa shape index (κ1) is 9.33. The van der Waals surface area contributed by atoms with Crippen molar-refractivity contribution in [3.05, 3.63) is 11.7 Å². The lowest BCUT2D eigenvalue weighted by Gasteiger charge is -2.01. The maximum Gasteiger partial charge on any atom is 0.229 e. The van der Waals surface area contributed by atoms with Crippen LogP contribution in [0.1, 0.15) is 55.7 Å². The van der Waals surface area contributed by atoms with Crippen LogP contribution in [0.2, 0.25) is 0 Å². The molecular weight excluding hydrogens is 190 g/mol. The summed E-state index contributed by atoms with van der Waals surface area (Å²) in [6, 6.07) is 0.